The van der Waals surface area contributed by atoms with Gasteiger partial charge in [-0.1, -0.05) is 0 Å². The second-order valence-corrected chi connectivity index (χ2v) is 3.12. The fraction of sp³-hybridized carbons (Fsp3) is 0.333. The van der Waals surface area contributed by atoms with Gasteiger partial charge in [0.1, 0.15) is 17.7 Å². The van der Waals surface area contributed by atoms with Gasteiger partial charge in [0.15, 0.2) is 5.65 Å². The number of imidazole rings is 1. The fourth-order valence-corrected chi connectivity index (χ4v) is 1.25. The second-order valence-electron chi connectivity index (χ2n) is 3.12. The molecule has 0 radical (unpaired) electrons. The Kier molecular flexibility index (Phi) is 2.09. The minimum atomic E-state index is -0.595. The molecule has 0 unspecified atom stereocenters. The highest BCUT2D eigenvalue weighted by atomic mass is 16.3. The van der Waals surface area contributed by atoms with E-state index in [9.17, 15) is 5.11 Å². The van der Waals surface area contributed by atoms with Crippen LogP contribution in [0.25, 0.3) is 11.2 Å². The number of anilines is 1. The standard InChI is InChI=1S/C9H12N4O/c1-5(14)8-11-6-3-4-7(10-2)12-9(6)13-8/h3-5,14H,1-2H3,(H2,10,11,12,13)/t5-/m0/s1. The van der Waals surface area contributed by atoms with E-state index in [-0.39, 0.29) is 0 Å². The van der Waals surface area contributed by atoms with Crippen molar-refractivity contribution >= 4 is 17.0 Å². The molecule has 0 aliphatic heterocycles. The van der Waals surface area contributed by atoms with Gasteiger partial charge >= 0.3 is 0 Å². The van der Waals surface area contributed by atoms with Crippen LogP contribution < -0.4 is 5.32 Å². The van der Waals surface area contributed by atoms with Gasteiger partial charge < -0.3 is 15.4 Å². The third-order valence-electron chi connectivity index (χ3n) is 2.02. The van der Waals surface area contributed by atoms with Crippen molar-refractivity contribution in [1.82, 2.24) is 15.0 Å². The highest BCUT2D eigenvalue weighted by Gasteiger charge is 2.08. The third-order valence-corrected chi connectivity index (χ3v) is 2.02. The Morgan fingerprint density at radius 2 is 2.21 bits per heavy atom. The Morgan fingerprint density at radius 1 is 1.43 bits per heavy atom. The van der Waals surface area contributed by atoms with Crippen LogP contribution in [0.15, 0.2) is 12.1 Å². The monoisotopic (exact) mass is 192 g/mol. The predicted octanol–water partition coefficient (Wildman–Crippen LogP) is 1.05. The van der Waals surface area contributed by atoms with Crippen molar-refractivity contribution in [3.63, 3.8) is 0 Å². The molecule has 0 spiro atoms. The van der Waals surface area contributed by atoms with Crippen LogP contribution in [0.3, 0.4) is 0 Å². The lowest BCUT2D eigenvalue weighted by Gasteiger charge is -1.95. The molecular weight excluding hydrogens is 180 g/mol. The van der Waals surface area contributed by atoms with E-state index in [0.717, 1.165) is 11.3 Å². The summed E-state index contributed by atoms with van der Waals surface area (Å²) < 4.78 is 0. The number of H-pyrrole nitrogens is 1. The first-order valence-electron chi connectivity index (χ1n) is 4.43. The maximum absolute atomic E-state index is 9.31. The maximum atomic E-state index is 9.31. The Morgan fingerprint density at radius 3 is 2.86 bits per heavy atom. The molecule has 0 saturated heterocycles. The van der Waals surface area contributed by atoms with Gasteiger partial charge in [-0.2, -0.15) is 0 Å². The first-order chi connectivity index (χ1) is 6.70. The molecule has 2 rings (SSSR count). The summed E-state index contributed by atoms with van der Waals surface area (Å²) in [7, 11) is 1.80. The zero-order chi connectivity index (χ0) is 10.1. The molecule has 0 aliphatic carbocycles. The van der Waals surface area contributed by atoms with Gasteiger partial charge in [0.25, 0.3) is 0 Å². The van der Waals surface area contributed by atoms with Crippen LogP contribution >= 0.6 is 0 Å². The van der Waals surface area contributed by atoms with Crippen molar-refractivity contribution in [3.8, 4) is 0 Å². The molecule has 1 atom stereocenters. The number of aliphatic hydroxyl groups is 1. The number of nitrogens with one attached hydrogen (secondary N) is 2. The number of aromatic nitrogens is 3. The quantitative estimate of drug-likeness (QED) is 0.665. The number of rotatable bonds is 2. The summed E-state index contributed by atoms with van der Waals surface area (Å²) in [5, 5.41) is 12.2. The molecule has 2 aromatic heterocycles. The fourth-order valence-electron chi connectivity index (χ4n) is 1.25. The van der Waals surface area contributed by atoms with Gasteiger partial charge in [0.2, 0.25) is 0 Å². The molecule has 0 aliphatic rings. The number of aliphatic hydroxyl groups excluding tert-OH is 1. The van der Waals surface area contributed by atoms with E-state index in [1.807, 2.05) is 12.1 Å². The van der Waals surface area contributed by atoms with Crippen LogP contribution in [0.1, 0.15) is 18.9 Å². The van der Waals surface area contributed by atoms with Crippen molar-refractivity contribution in [2.75, 3.05) is 12.4 Å². The minimum absolute atomic E-state index is 0.542. The summed E-state index contributed by atoms with van der Waals surface area (Å²) in [6.07, 6.45) is -0.595. The summed E-state index contributed by atoms with van der Waals surface area (Å²) in [6.45, 7) is 1.66. The largest absolute Gasteiger partial charge is 0.385 e. The molecule has 0 bridgehead atoms. The molecule has 0 saturated carbocycles. The van der Waals surface area contributed by atoms with Gasteiger partial charge in [-0.15, -0.1) is 0 Å². The molecule has 74 valence electrons. The predicted molar refractivity (Wildman–Crippen MR) is 54.1 cm³/mol. The summed E-state index contributed by atoms with van der Waals surface area (Å²) in [6, 6.07) is 3.74. The van der Waals surface area contributed by atoms with Crippen LogP contribution in [-0.4, -0.2) is 27.1 Å². The second kappa shape index (κ2) is 3.26. The molecule has 5 heteroatoms. The highest BCUT2D eigenvalue weighted by Crippen LogP contribution is 2.15. The van der Waals surface area contributed by atoms with Crippen LogP contribution in [0.2, 0.25) is 0 Å². The van der Waals surface area contributed by atoms with Gasteiger partial charge in [0, 0.05) is 7.05 Å². The number of hydrogen-bond acceptors (Lipinski definition) is 4. The number of pyridine rings is 1. The van der Waals surface area contributed by atoms with E-state index < -0.39 is 6.10 Å². The number of hydrogen-bond donors (Lipinski definition) is 3. The normalized spacial score (nSPS) is 13.1. The Hall–Kier alpha value is -1.62. The van der Waals surface area contributed by atoms with Crippen molar-refractivity contribution in [1.29, 1.82) is 0 Å². The zero-order valence-electron chi connectivity index (χ0n) is 8.07. The molecule has 2 heterocycles. The van der Waals surface area contributed by atoms with E-state index in [0.29, 0.717) is 11.5 Å². The Balaban J connectivity index is 2.54. The summed E-state index contributed by atoms with van der Waals surface area (Å²) in [4.78, 5) is 11.4. The third kappa shape index (κ3) is 1.42. The lowest BCUT2D eigenvalue weighted by atomic mass is 10.4. The van der Waals surface area contributed by atoms with Crippen LogP contribution in [0, 0.1) is 0 Å². The smallest absolute Gasteiger partial charge is 0.179 e. The Bertz CT molecular complexity index is 449. The molecule has 14 heavy (non-hydrogen) atoms. The lowest BCUT2D eigenvalue weighted by Crippen LogP contribution is -1.93. The molecular formula is C9H12N4O. The number of aromatic amines is 1. The van der Waals surface area contributed by atoms with Crippen LogP contribution in [0.5, 0.6) is 0 Å². The van der Waals surface area contributed by atoms with Crippen molar-refractivity contribution in [3.05, 3.63) is 18.0 Å². The highest BCUT2D eigenvalue weighted by molar-refractivity contribution is 5.72. The zero-order valence-corrected chi connectivity index (χ0v) is 8.07. The van der Waals surface area contributed by atoms with Gasteiger partial charge in [-0.25, -0.2) is 9.97 Å². The first-order valence-corrected chi connectivity index (χ1v) is 4.43. The van der Waals surface area contributed by atoms with Crippen LogP contribution in [-0.2, 0) is 0 Å². The first kappa shape index (κ1) is 8.96. The molecule has 3 N–H and O–H groups in total. The van der Waals surface area contributed by atoms with E-state index in [2.05, 4.69) is 20.3 Å². The molecule has 0 aromatic carbocycles. The van der Waals surface area contributed by atoms with Crippen molar-refractivity contribution < 1.29 is 5.11 Å². The molecule has 0 amide bonds. The molecule has 2 aromatic rings. The summed E-state index contributed by atoms with van der Waals surface area (Å²) in [5.41, 5.74) is 1.45. The van der Waals surface area contributed by atoms with Crippen molar-refractivity contribution in [2.24, 2.45) is 0 Å². The van der Waals surface area contributed by atoms with E-state index in [1.165, 1.54) is 0 Å². The van der Waals surface area contributed by atoms with E-state index in [1.54, 1.807) is 14.0 Å². The Labute approximate surface area is 81.2 Å². The number of nitrogens with zero attached hydrogens (tertiary/aromatic N) is 2. The topological polar surface area (TPSA) is 73.8 Å². The van der Waals surface area contributed by atoms with Gasteiger partial charge in [-0.3, -0.25) is 0 Å². The van der Waals surface area contributed by atoms with E-state index in [4.69, 9.17) is 0 Å². The maximum Gasteiger partial charge on any atom is 0.179 e. The van der Waals surface area contributed by atoms with Crippen LogP contribution in [0.4, 0.5) is 5.82 Å². The summed E-state index contributed by atoms with van der Waals surface area (Å²) in [5.74, 6) is 1.31. The van der Waals surface area contributed by atoms with Crippen molar-refractivity contribution in [2.45, 2.75) is 13.0 Å². The van der Waals surface area contributed by atoms with Gasteiger partial charge in [-0.05, 0) is 19.1 Å². The number of fused-ring (bicyclic) bond motifs is 1. The average molecular weight is 192 g/mol. The minimum Gasteiger partial charge on any atom is -0.385 e. The average Bonchev–Trinajstić information content (AvgIpc) is 2.59. The van der Waals surface area contributed by atoms with Gasteiger partial charge in [0.05, 0.1) is 5.52 Å². The van der Waals surface area contributed by atoms with E-state index >= 15 is 0 Å². The molecule has 0 fully saturated rings. The lowest BCUT2D eigenvalue weighted by molar-refractivity contribution is 0.190. The molecule has 5 nitrogen and oxygen atoms in total. The SMILES string of the molecule is CNc1ccc2[nH]c([C@H](C)O)nc2n1. The summed E-state index contributed by atoms with van der Waals surface area (Å²) >= 11 is 0.